The van der Waals surface area contributed by atoms with Gasteiger partial charge in [-0.1, -0.05) is 6.07 Å². The van der Waals surface area contributed by atoms with Gasteiger partial charge < -0.3 is 19.7 Å². The molecule has 0 aromatic heterocycles. The van der Waals surface area contributed by atoms with Crippen LogP contribution in [0.5, 0.6) is 11.5 Å². The molecule has 20 heavy (non-hydrogen) atoms. The molecule has 0 spiro atoms. The number of carbonyl (C=O) groups is 1. The maximum Gasteiger partial charge on any atom is 0.312 e. The van der Waals surface area contributed by atoms with Crippen molar-refractivity contribution >= 4 is 5.97 Å². The van der Waals surface area contributed by atoms with Crippen LogP contribution in [0.3, 0.4) is 0 Å². The number of aliphatic hydroxyl groups is 1. The smallest absolute Gasteiger partial charge is 0.312 e. The van der Waals surface area contributed by atoms with Gasteiger partial charge >= 0.3 is 5.97 Å². The molecule has 0 saturated heterocycles. The van der Waals surface area contributed by atoms with E-state index in [1.807, 2.05) is 0 Å². The fraction of sp³-hybridized carbons (Fsp3) is 0.533. The summed E-state index contributed by atoms with van der Waals surface area (Å²) in [6.45, 7) is 6.88. The molecule has 0 radical (unpaired) electrons. The van der Waals surface area contributed by atoms with Crippen LogP contribution in [0.2, 0.25) is 0 Å². The molecule has 0 fully saturated rings. The first-order valence-corrected chi connectivity index (χ1v) is 6.43. The van der Waals surface area contributed by atoms with E-state index >= 15 is 0 Å². The van der Waals surface area contributed by atoms with Gasteiger partial charge in [0.1, 0.15) is 5.60 Å². The molecule has 0 aliphatic heterocycles. The van der Waals surface area contributed by atoms with E-state index in [-0.39, 0.29) is 5.75 Å². The number of hydrogen-bond donors (Lipinski definition) is 2. The van der Waals surface area contributed by atoms with Crippen LogP contribution in [-0.4, -0.2) is 28.9 Å². The zero-order chi connectivity index (χ0) is 15.5. The second kappa shape index (κ2) is 6.13. The molecule has 0 amide bonds. The van der Waals surface area contributed by atoms with E-state index in [4.69, 9.17) is 9.47 Å². The third-order valence-electron chi connectivity index (χ3n) is 2.80. The summed E-state index contributed by atoms with van der Waals surface area (Å²) < 4.78 is 10.2. The van der Waals surface area contributed by atoms with E-state index in [1.54, 1.807) is 33.8 Å². The molecule has 5 heteroatoms. The number of aromatic hydroxyl groups is 1. The Kier molecular flexibility index (Phi) is 5.00. The molecule has 1 rings (SSSR count). The van der Waals surface area contributed by atoms with Crippen molar-refractivity contribution in [2.75, 3.05) is 7.11 Å². The fourth-order valence-electron chi connectivity index (χ4n) is 1.70. The predicted octanol–water partition coefficient (Wildman–Crippen LogP) is 2.41. The average molecular weight is 282 g/mol. The summed E-state index contributed by atoms with van der Waals surface area (Å²) in [6, 6.07) is 4.52. The van der Waals surface area contributed by atoms with Crippen LogP contribution in [0.15, 0.2) is 18.2 Å². The lowest BCUT2D eigenvalue weighted by molar-refractivity contribution is -0.163. The molecule has 0 aliphatic rings. The summed E-state index contributed by atoms with van der Waals surface area (Å²) in [5.74, 6) is -0.992. The first-order chi connectivity index (χ1) is 9.15. The van der Waals surface area contributed by atoms with Gasteiger partial charge in [-0.2, -0.15) is 0 Å². The highest BCUT2D eigenvalue weighted by Crippen LogP contribution is 2.32. The predicted molar refractivity (Wildman–Crippen MR) is 74.6 cm³/mol. The zero-order valence-electron chi connectivity index (χ0n) is 12.5. The Balaban J connectivity index is 2.86. The number of aliphatic hydroxyl groups excluding tert-OH is 1. The monoisotopic (exact) mass is 282 g/mol. The number of benzene rings is 1. The van der Waals surface area contributed by atoms with Crippen LogP contribution in [-0.2, 0) is 9.53 Å². The van der Waals surface area contributed by atoms with Crippen LogP contribution in [0.1, 0.15) is 39.4 Å². The SMILES string of the molecule is COc1ccc(C(O)C(C)C(=O)OC(C)(C)C)cc1O. The first kappa shape index (κ1) is 16.3. The quantitative estimate of drug-likeness (QED) is 0.829. The van der Waals surface area contributed by atoms with Gasteiger partial charge in [0.25, 0.3) is 0 Å². The van der Waals surface area contributed by atoms with Crippen molar-refractivity contribution in [1.82, 2.24) is 0 Å². The molecule has 112 valence electrons. The van der Waals surface area contributed by atoms with E-state index < -0.39 is 23.6 Å². The second-order valence-corrected chi connectivity index (χ2v) is 5.70. The van der Waals surface area contributed by atoms with E-state index in [9.17, 15) is 15.0 Å². The molecule has 0 bridgehead atoms. The summed E-state index contributed by atoms with van der Waals surface area (Å²) in [5, 5.41) is 19.9. The molecule has 2 atom stereocenters. The van der Waals surface area contributed by atoms with Crippen molar-refractivity contribution in [2.24, 2.45) is 5.92 Å². The molecule has 2 N–H and O–H groups in total. The van der Waals surface area contributed by atoms with Crippen molar-refractivity contribution in [2.45, 2.75) is 39.4 Å². The molecule has 2 unspecified atom stereocenters. The second-order valence-electron chi connectivity index (χ2n) is 5.70. The van der Waals surface area contributed by atoms with Crippen LogP contribution >= 0.6 is 0 Å². The number of hydrogen-bond acceptors (Lipinski definition) is 5. The fourth-order valence-corrected chi connectivity index (χ4v) is 1.70. The van der Waals surface area contributed by atoms with Gasteiger partial charge in [0.2, 0.25) is 0 Å². The van der Waals surface area contributed by atoms with Gasteiger partial charge in [-0.15, -0.1) is 0 Å². The van der Waals surface area contributed by atoms with Crippen molar-refractivity contribution in [3.8, 4) is 11.5 Å². The lowest BCUT2D eigenvalue weighted by atomic mass is 9.97. The number of esters is 1. The number of phenols is 1. The number of methoxy groups -OCH3 is 1. The van der Waals surface area contributed by atoms with Gasteiger partial charge in [0, 0.05) is 0 Å². The Bertz CT molecular complexity index is 476. The first-order valence-electron chi connectivity index (χ1n) is 6.43. The maximum absolute atomic E-state index is 11.9. The van der Waals surface area contributed by atoms with Crippen LogP contribution in [0.25, 0.3) is 0 Å². The highest BCUT2D eigenvalue weighted by atomic mass is 16.6. The lowest BCUT2D eigenvalue weighted by Crippen LogP contribution is -2.30. The minimum Gasteiger partial charge on any atom is -0.504 e. The third-order valence-corrected chi connectivity index (χ3v) is 2.80. The molecule has 0 aliphatic carbocycles. The number of carbonyl (C=O) groups excluding carboxylic acids is 1. The number of ether oxygens (including phenoxy) is 2. The minimum absolute atomic E-state index is 0.0829. The molecule has 5 nitrogen and oxygen atoms in total. The standard InChI is InChI=1S/C15H22O5/c1-9(14(18)20-15(2,3)4)13(17)10-6-7-12(19-5)11(16)8-10/h6-9,13,16-17H,1-5H3. The summed E-state index contributed by atoms with van der Waals surface area (Å²) >= 11 is 0. The Morgan fingerprint density at radius 2 is 1.90 bits per heavy atom. The van der Waals surface area contributed by atoms with E-state index in [0.717, 1.165) is 0 Å². The molecular weight excluding hydrogens is 260 g/mol. The van der Waals surface area contributed by atoms with Crippen LogP contribution in [0, 0.1) is 5.92 Å². The summed E-state index contributed by atoms with van der Waals surface area (Å²) in [4.78, 5) is 11.9. The molecule has 0 heterocycles. The Hall–Kier alpha value is -1.75. The third kappa shape index (κ3) is 4.13. The maximum atomic E-state index is 11.9. The Morgan fingerprint density at radius 3 is 2.35 bits per heavy atom. The minimum atomic E-state index is -1.05. The van der Waals surface area contributed by atoms with Crippen molar-refractivity contribution in [3.05, 3.63) is 23.8 Å². The van der Waals surface area contributed by atoms with Gasteiger partial charge in [0.05, 0.1) is 19.1 Å². The zero-order valence-corrected chi connectivity index (χ0v) is 12.5. The van der Waals surface area contributed by atoms with Gasteiger partial charge in [-0.3, -0.25) is 4.79 Å². The molecule has 0 saturated carbocycles. The van der Waals surface area contributed by atoms with Crippen LogP contribution < -0.4 is 4.74 Å². The summed E-state index contributed by atoms with van der Waals surface area (Å²) in [7, 11) is 1.44. The van der Waals surface area contributed by atoms with Crippen molar-refractivity contribution < 1.29 is 24.5 Å². The van der Waals surface area contributed by atoms with Gasteiger partial charge in [0.15, 0.2) is 11.5 Å². The molecule has 1 aromatic rings. The van der Waals surface area contributed by atoms with E-state index in [2.05, 4.69) is 0 Å². The van der Waals surface area contributed by atoms with Crippen LogP contribution in [0.4, 0.5) is 0 Å². The van der Waals surface area contributed by atoms with Crippen molar-refractivity contribution in [1.29, 1.82) is 0 Å². The Morgan fingerprint density at radius 1 is 1.30 bits per heavy atom. The summed E-state index contributed by atoms with van der Waals surface area (Å²) in [5.41, 5.74) is -0.172. The topological polar surface area (TPSA) is 76.0 Å². The lowest BCUT2D eigenvalue weighted by Gasteiger charge is -2.24. The highest BCUT2D eigenvalue weighted by Gasteiger charge is 2.28. The molecular formula is C15H22O5. The highest BCUT2D eigenvalue weighted by molar-refractivity contribution is 5.73. The number of rotatable bonds is 4. The van der Waals surface area contributed by atoms with Crippen molar-refractivity contribution in [3.63, 3.8) is 0 Å². The van der Waals surface area contributed by atoms with Gasteiger partial charge in [-0.25, -0.2) is 0 Å². The summed E-state index contributed by atoms with van der Waals surface area (Å²) in [6.07, 6.45) is -1.05. The van der Waals surface area contributed by atoms with Gasteiger partial charge in [-0.05, 0) is 45.4 Å². The molecule has 1 aromatic carbocycles. The normalized spacial score (nSPS) is 14.5. The Labute approximate surface area is 119 Å². The number of phenolic OH excluding ortho intramolecular Hbond substituents is 1. The van der Waals surface area contributed by atoms with E-state index in [1.165, 1.54) is 19.2 Å². The van der Waals surface area contributed by atoms with E-state index in [0.29, 0.717) is 11.3 Å². The average Bonchev–Trinajstić information content (AvgIpc) is 2.34. The largest absolute Gasteiger partial charge is 0.504 e.